The second kappa shape index (κ2) is 6.41. The molecule has 0 fully saturated rings. The third kappa shape index (κ3) is 3.88. The van der Waals surface area contributed by atoms with E-state index in [1.54, 1.807) is 6.92 Å². The first-order valence-corrected chi connectivity index (χ1v) is 4.60. The van der Waals surface area contributed by atoms with Crippen LogP contribution in [0.3, 0.4) is 0 Å². The van der Waals surface area contributed by atoms with E-state index in [0.29, 0.717) is 5.57 Å². The zero-order valence-corrected chi connectivity index (χ0v) is 8.76. The molecular weight excluding hydrogens is 163 g/mol. The molecule has 0 aliphatic carbocycles. The van der Waals surface area contributed by atoms with E-state index in [0.717, 1.165) is 5.56 Å². The Morgan fingerprint density at radius 1 is 1.00 bits per heavy atom. The Morgan fingerprint density at radius 3 is 1.85 bits per heavy atom. The first-order valence-electron chi connectivity index (χ1n) is 4.60. The number of hydrogen-bond donors (Lipinski definition) is 0. The molecule has 1 aromatic rings. The van der Waals surface area contributed by atoms with Crippen molar-refractivity contribution in [3.63, 3.8) is 0 Å². The minimum atomic E-state index is -0.115. The number of benzene rings is 1. The van der Waals surface area contributed by atoms with Gasteiger partial charge in [-0.1, -0.05) is 44.2 Å². The molecule has 0 atom stereocenters. The number of rotatable bonds is 1. The second-order valence-electron chi connectivity index (χ2n) is 2.52. The monoisotopic (exact) mass is 180 g/mol. The second-order valence-corrected chi connectivity index (χ2v) is 2.52. The Bertz CT molecular complexity index is 256. The van der Waals surface area contributed by atoms with E-state index in [2.05, 4.69) is 0 Å². The van der Waals surface area contributed by atoms with Crippen LogP contribution in [-0.4, -0.2) is 0 Å². The highest BCUT2D eigenvalue weighted by Crippen LogP contribution is 2.17. The average Bonchev–Trinajstić information content (AvgIpc) is 2.21. The summed E-state index contributed by atoms with van der Waals surface area (Å²) in [7, 11) is 0. The van der Waals surface area contributed by atoms with Crippen molar-refractivity contribution in [2.45, 2.75) is 27.7 Å². The summed E-state index contributed by atoms with van der Waals surface area (Å²) < 4.78 is 12.7. The molecule has 0 bridgehead atoms. The summed E-state index contributed by atoms with van der Waals surface area (Å²) in [5.41, 5.74) is 1.66. The standard InChI is InChI=1S/C10H11F.C2H6/c1-8(9(2)11)10-6-4-3-5-7-10;1-2/h3-7H,1-2H3;1-2H3/b9-8+;. The Labute approximate surface area is 80.1 Å². The quantitative estimate of drug-likeness (QED) is 0.599. The highest BCUT2D eigenvalue weighted by Gasteiger charge is 1.96. The lowest BCUT2D eigenvalue weighted by molar-refractivity contribution is 0.643. The summed E-state index contributed by atoms with van der Waals surface area (Å²) in [6.45, 7) is 7.26. The van der Waals surface area contributed by atoms with Gasteiger partial charge in [0.25, 0.3) is 0 Å². The molecule has 0 heterocycles. The first-order chi connectivity index (χ1) is 6.22. The summed E-state index contributed by atoms with van der Waals surface area (Å²) in [4.78, 5) is 0. The molecule has 0 nitrogen and oxygen atoms in total. The van der Waals surface area contributed by atoms with Gasteiger partial charge in [-0.3, -0.25) is 0 Å². The van der Waals surface area contributed by atoms with E-state index in [4.69, 9.17) is 0 Å². The van der Waals surface area contributed by atoms with Crippen molar-refractivity contribution in [1.29, 1.82) is 0 Å². The maximum Gasteiger partial charge on any atom is 0.100 e. The van der Waals surface area contributed by atoms with Gasteiger partial charge >= 0.3 is 0 Å². The van der Waals surface area contributed by atoms with Crippen LogP contribution >= 0.6 is 0 Å². The third-order valence-corrected chi connectivity index (χ3v) is 1.72. The molecule has 0 N–H and O–H groups in total. The van der Waals surface area contributed by atoms with Crippen molar-refractivity contribution in [2.24, 2.45) is 0 Å². The number of halogens is 1. The lowest BCUT2D eigenvalue weighted by Crippen LogP contribution is -1.79. The zero-order chi connectivity index (χ0) is 10.3. The smallest absolute Gasteiger partial charge is 0.100 e. The van der Waals surface area contributed by atoms with Gasteiger partial charge in [0.15, 0.2) is 0 Å². The SMILES string of the molecule is C/C(F)=C(/C)c1ccccc1.CC. The van der Waals surface area contributed by atoms with Gasteiger partial charge in [0.05, 0.1) is 0 Å². The van der Waals surface area contributed by atoms with Crippen LogP contribution in [0.2, 0.25) is 0 Å². The van der Waals surface area contributed by atoms with Gasteiger partial charge in [0, 0.05) is 0 Å². The van der Waals surface area contributed by atoms with E-state index in [9.17, 15) is 4.39 Å². The number of allylic oxidation sites excluding steroid dienone is 2. The summed E-state index contributed by atoms with van der Waals surface area (Å²) in [6.07, 6.45) is 0. The minimum Gasteiger partial charge on any atom is -0.212 e. The van der Waals surface area contributed by atoms with Gasteiger partial charge in [-0.2, -0.15) is 0 Å². The molecule has 72 valence electrons. The lowest BCUT2D eigenvalue weighted by atomic mass is 10.1. The molecule has 1 heteroatoms. The van der Waals surface area contributed by atoms with Gasteiger partial charge in [0.1, 0.15) is 5.83 Å². The molecule has 0 amide bonds. The highest BCUT2D eigenvalue weighted by atomic mass is 19.1. The highest BCUT2D eigenvalue weighted by molar-refractivity contribution is 5.64. The Balaban J connectivity index is 0.000000671. The zero-order valence-electron chi connectivity index (χ0n) is 8.76. The minimum absolute atomic E-state index is 0.115. The van der Waals surface area contributed by atoms with E-state index in [-0.39, 0.29) is 5.83 Å². The molecule has 0 aliphatic heterocycles. The van der Waals surface area contributed by atoms with Crippen LogP contribution in [0.25, 0.3) is 5.57 Å². The van der Waals surface area contributed by atoms with Crippen molar-refractivity contribution in [2.75, 3.05) is 0 Å². The van der Waals surface area contributed by atoms with Gasteiger partial charge < -0.3 is 0 Å². The fourth-order valence-electron chi connectivity index (χ4n) is 0.887. The van der Waals surface area contributed by atoms with Crippen LogP contribution in [0.4, 0.5) is 4.39 Å². The Kier molecular flexibility index (Phi) is 5.86. The summed E-state index contributed by atoms with van der Waals surface area (Å²) >= 11 is 0. The predicted molar refractivity (Wildman–Crippen MR) is 57.2 cm³/mol. The molecule has 0 spiro atoms. The van der Waals surface area contributed by atoms with Gasteiger partial charge in [-0.05, 0) is 25.0 Å². The average molecular weight is 180 g/mol. The molecule has 0 unspecified atom stereocenters. The predicted octanol–water partition coefficient (Wildman–Crippen LogP) is 4.43. The molecule has 0 aromatic heterocycles. The molecule has 1 rings (SSSR count). The topological polar surface area (TPSA) is 0 Å². The van der Waals surface area contributed by atoms with Crippen LogP contribution < -0.4 is 0 Å². The van der Waals surface area contributed by atoms with E-state index in [1.807, 2.05) is 44.2 Å². The van der Waals surface area contributed by atoms with Gasteiger partial charge in [-0.25, -0.2) is 4.39 Å². The lowest BCUT2D eigenvalue weighted by Gasteiger charge is -1.99. The van der Waals surface area contributed by atoms with Crippen molar-refractivity contribution < 1.29 is 4.39 Å². The largest absolute Gasteiger partial charge is 0.212 e. The molecule has 0 radical (unpaired) electrons. The van der Waals surface area contributed by atoms with Crippen LogP contribution in [0.5, 0.6) is 0 Å². The summed E-state index contributed by atoms with van der Waals surface area (Å²) in [5, 5.41) is 0. The third-order valence-electron chi connectivity index (χ3n) is 1.72. The van der Waals surface area contributed by atoms with Gasteiger partial charge in [-0.15, -0.1) is 0 Å². The maximum atomic E-state index is 12.7. The molecule has 0 saturated carbocycles. The van der Waals surface area contributed by atoms with E-state index >= 15 is 0 Å². The fraction of sp³-hybridized carbons (Fsp3) is 0.333. The van der Waals surface area contributed by atoms with Crippen LogP contribution in [0, 0.1) is 0 Å². The van der Waals surface area contributed by atoms with E-state index < -0.39 is 0 Å². The maximum absolute atomic E-state index is 12.7. The molecule has 13 heavy (non-hydrogen) atoms. The van der Waals surface area contributed by atoms with E-state index in [1.165, 1.54) is 6.92 Å². The van der Waals surface area contributed by atoms with Crippen molar-refractivity contribution in [1.82, 2.24) is 0 Å². The first kappa shape index (κ1) is 11.9. The van der Waals surface area contributed by atoms with Crippen molar-refractivity contribution in [3.8, 4) is 0 Å². The molecular formula is C12H17F. The summed E-state index contributed by atoms with van der Waals surface area (Å²) in [5.74, 6) is -0.115. The summed E-state index contributed by atoms with van der Waals surface area (Å²) in [6, 6.07) is 9.53. The van der Waals surface area contributed by atoms with Crippen LogP contribution in [0.15, 0.2) is 36.2 Å². The Hall–Kier alpha value is -1.11. The van der Waals surface area contributed by atoms with Crippen LogP contribution in [-0.2, 0) is 0 Å². The molecule has 1 aromatic carbocycles. The fourth-order valence-corrected chi connectivity index (χ4v) is 0.887. The Morgan fingerprint density at radius 2 is 1.46 bits per heavy atom. The van der Waals surface area contributed by atoms with Crippen molar-refractivity contribution >= 4 is 5.57 Å². The number of hydrogen-bond acceptors (Lipinski definition) is 0. The van der Waals surface area contributed by atoms with Gasteiger partial charge in [0.2, 0.25) is 0 Å². The molecule has 0 aliphatic rings. The van der Waals surface area contributed by atoms with Crippen LogP contribution in [0.1, 0.15) is 33.3 Å². The normalized spacial score (nSPS) is 11.2. The van der Waals surface area contributed by atoms with Crippen molar-refractivity contribution in [3.05, 3.63) is 41.7 Å². The molecule has 0 saturated heterocycles.